The highest BCUT2D eigenvalue weighted by molar-refractivity contribution is 7.80. The molecule has 0 saturated carbocycles. The average molecular weight is 240 g/mol. The Bertz CT molecular complexity index is 345. The first-order valence-electron chi connectivity index (χ1n) is 5.20. The standard InChI is InChI=1S/C11H16N2O2S/c1-2-5-14-6-7-15-10-8-13-4-3-9(10)11(12)16/h3-4,8H,2,5-7H2,1H3,(H2,12,16). The second-order valence-corrected chi connectivity index (χ2v) is 3.64. The zero-order valence-electron chi connectivity index (χ0n) is 9.31. The predicted molar refractivity (Wildman–Crippen MR) is 66.7 cm³/mol. The molecule has 0 unspecified atom stereocenters. The molecule has 1 aromatic rings. The van der Waals surface area contributed by atoms with E-state index in [-0.39, 0.29) is 0 Å². The normalized spacial score (nSPS) is 10.1. The molecule has 0 fully saturated rings. The summed E-state index contributed by atoms with van der Waals surface area (Å²) in [7, 11) is 0. The van der Waals surface area contributed by atoms with Gasteiger partial charge in [0.05, 0.1) is 18.4 Å². The maximum Gasteiger partial charge on any atom is 0.147 e. The number of ether oxygens (including phenoxy) is 2. The zero-order chi connectivity index (χ0) is 11.8. The molecule has 0 aliphatic heterocycles. The van der Waals surface area contributed by atoms with Crippen molar-refractivity contribution < 1.29 is 9.47 Å². The first kappa shape index (κ1) is 12.9. The van der Waals surface area contributed by atoms with Crippen LogP contribution in [-0.4, -0.2) is 29.8 Å². The average Bonchev–Trinajstić information content (AvgIpc) is 2.29. The van der Waals surface area contributed by atoms with Crippen molar-refractivity contribution in [3.63, 3.8) is 0 Å². The minimum absolute atomic E-state index is 0.312. The second kappa shape index (κ2) is 7.14. The summed E-state index contributed by atoms with van der Waals surface area (Å²) < 4.78 is 10.8. The zero-order valence-corrected chi connectivity index (χ0v) is 10.1. The van der Waals surface area contributed by atoms with Crippen LogP contribution in [0.2, 0.25) is 0 Å². The first-order valence-corrected chi connectivity index (χ1v) is 5.61. The van der Waals surface area contributed by atoms with E-state index >= 15 is 0 Å². The van der Waals surface area contributed by atoms with E-state index in [1.54, 1.807) is 18.5 Å². The lowest BCUT2D eigenvalue weighted by molar-refractivity contribution is 0.100. The lowest BCUT2D eigenvalue weighted by atomic mass is 10.2. The van der Waals surface area contributed by atoms with Gasteiger partial charge in [0, 0.05) is 12.8 Å². The number of rotatable bonds is 7. The molecule has 5 heteroatoms. The summed E-state index contributed by atoms with van der Waals surface area (Å²) in [6.07, 6.45) is 4.24. The Morgan fingerprint density at radius 1 is 1.44 bits per heavy atom. The van der Waals surface area contributed by atoms with Crippen LogP contribution in [0.4, 0.5) is 0 Å². The van der Waals surface area contributed by atoms with Crippen molar-refractivity contribution in [1.82, 2.24) is 4.98 Å². The molecule has 16 heavy (non-hydrogen) atoms. The Balaban J connectivity index is 2.44. The Labute approximate surface area is 101 Å². The number of nitrogens with zero attached hydrogens (tertiary/aromatic N) is 1. The molecule has 4 nitrogen and oxygen atoms in total. The van der Waals surface area contributed by atoms with Gasteiger partial charge in [-0.2, -0.15) is 0 Å². The monoisotopic (exact) mass is 240 g/mol. The van der Waals surface area contributed by atoms with E-state index in [2.05, 4.69) is 11.9 Å². The Morgan fingerprint density at radius 3 is 2.94 bits per heavy atom. The fraction of sp³-hybridized carbons (Fsp3) is 0.455. The van der Waals surface area contributed by atoms with Gasteiger partial charge in [0.15, 0.2) is 0 Å². The molecule has 2 N–H and O–H groups in total. The van der Waals surface area contributed by atoms with E-state index in [4.69, 9.17) is 27.4 Å². The van der Waals surface area contributed by atoms with Crippen LogP contribution >= 0.6 is 12.2 Å². The summed E-state index contributed by atoms with van der Waals surface area (Å²) in [6.45, 7) is 3.84. The van der Waals surface area contributed by atoms with E-state index in [0.717, 1.165) is 13.0 Å². The summed E-state index contributed by atoms with van der Waals surface area (Å²) in [4.78, 5) is 4.27. The summed E-state index contributed by atoms with van der Waals surface area (Å²) in [5.41, 5.74) is 6.27. The Kier molecular flexibility index (Phi) is 5.74. The van der Waals surface area contributed by atoms with E-state index in [9.17, 15) is 0 Å². The molecule has 0 radical (unpaired) electrons. The Morgan fingerprint density at radius 2 is 2.25 bits per heavy atom. The van der Waals surface area contributed by atoms with Gasteiger partial charge in [0.2, 0.25) is 0 Å². The van der Waals surface area contributed by atoms with Gasteiger partial charge in [-0.1, -0.05) is 19.1 Å². The number of aromatic nitrogens is 1. The van der Waals surface area contributed by atoms with Crippen LogP contribution in [0.5, 0.6) is 5.75 Å². The lowest BCUT2D eigenvalue weighted by Crippen LogP contribution is -2.14. The van der Waals surface area contributed by atoms with E-state index in [1.165, 1.54) is 0 Å². The minimum atomic E-state index is 0.312. The fourth-order valence-electron chi connectivity index (χ4n) is 1.16. The van der Waals surface area contributed by atoms with Gasteiger partial charge < -0.3 is 15.2 Å². The summed E-state index contributed by atoms with van der Waals surface area (Å²) in [5.74, 6) is 0.607. The van der Waals surface area contributed by atoms with Crippen LogP contribution in [0, 0.1) is 0 Å². The van der Waals surface area contributed by atoms with E-state index < -0.39 is 0 Å². The van der Waals surface area contributed by atoms with Crippen molar-refractivity contribution in [2.45, 2.75) is 13.3 Å². The second-order valence-electron chi connectivity index (χ2n) is 3.20. The Hall–Kier alpha value is -1.20. The smallest absolute Gasteiger partial charge is 0.147 e. The van der Waals surface area contributed by atoms with Crippen LogP contribution in [-0.2, 0) is 4.74 Å². The molecule has 0 amide bonds. The molecule has 0 atom stereocenters. The molecular weight excluding hydrogens is 224 g/mol. The van der Waals surface area contributed by atoms with Crippen LogP contribution in [0.25, 0.3) is 0 Å². The SMILES string of the molecule is CCCOCCOc1cnccc1C(N)=S. The largest absolute Gasteiger partial charge is 0.489 e. The van der Waals surface area contributed by atoms with Crippen molar-refractivity contribution in [3.8, 4) is 5.75 Å². The van der Waals surface area contributed by atoms with Gasteiger partial charge in [0.25, 0.3) is 0 Å². The van der Waals surface area contributed by atoms with Gasteiger partial charge in [0.1, 0.15) is 17.3 Å². The maximum absolute atomic E-state index is 5.56. The fourth-order valence-corrected chi connectivity index (χ4v) is 1.32. The topological polar surface area (TPSA) is 57.4 Å². The van der Waals surface area contributed by atoms with Crippen molar-refractivity contribution in [2.24, 2.45) is 5.73 Å². The molecule has 1 rings (SSSR count). The molecular formula is C11H16N2O2S. The quantitative estimate of drug-likeness (QED) is 0.578. The van der Waals surface area contributed by atoms with Crippen LogP contribution in [0.15, 0.2) is 18.5 Å². The highest BCUT2D eigenvalue weighted by Gasteiger charge is 2.05. The third-order valence-electron chi connectivity index (χ3n) is 1.88. The predicted octanol–water partition coefficient (Wildman–Crippen LogP) is 1.52. The van der Waals surface area contributed by atoms with Gasteiger partial charge in [-0.15, -0.1) is 0 Å². The molecule has 88 valence electrons. The summed E-state index contributed by atoms with van der Waals surface area (Å²) in [5, 5.41) is 0. The van der Waals surface area contributed by atoms with Crippen molar-refractivity contribution in [2.75, 3.05) is 19.8 Å². The van der Waals surface area contributed by atoms with E-state index in [1.807, 2.05) is 0 Å². The van der Waals surface area contributed by atoms with Gasteiger partial charge in [-0.25, -0.2) is 0 Å². The molecule has 0 bridgehead atoms. The number of thiocarbonyl (C=S) groups is 1. The van der Waals surface area contributed by atoms with Crippen LogP contribution in [0.3, 0.4) is 0 Å². The van der Waals surface area contributed by atoms with Crippen molar-refractivity contribution >= 4 is 17.2 Å². The van der Waals surface area contributed by atoms with Crippen LogP contribution < -0.4 is 10.5 Å². The van der Waals surface area contributed by atoms with Gasteiger partial charge in [-0.3, -0.25) is 4.98 Å². The molecule has 1 aromatic heterocycles. The van der Waals surface area contributed by atoms with E-state index in [0.29, 0.717) is 29.5 Å². The van der Waals surface area contributed by atoms with Crippen LogP contribution in [0.1, 0.15) is 18.9 Å². The molecule has 1 heterocycles. The molecule has 0 spiro atoms. The van der Waals surface area contributed by atoms with Gasteiger partial charge in [-0.05, 0) is 12.5 Å². The lowest BCUT2D eigenvalue weighted by Gasteiger charge is -2.09. The minimum Gasteiger partial charge on any atom is -0.489 e. The molecule has 0 aromatic carbocycles. The number of hydrogen-bond acceptors (Lipinski definition) is 4. The third-order valence-corrected chi connectivity index (χ3v) is 2.10. The number of nitrogens with two attached hydrogens (primary N) is 1. The van der Waals surface area contributed by atoms with Crippen molar-refractivity contribution in [3.05, 3.63) is 24.0 Å². The molecule has 0 saturated heterocycles. The number of hydrogen-bond donors (Lipinski definition) is 1. The maximum atomic E-state index is 5.56. The highest BCUT2D eigenvalue weighted by Crippen LogP contribution is 2.15. The summed E-state index contributed by atoms with van der Waals surface area (Å²) in [6, 6.07) is 1.74. The molecule has 0 aliphatic carbocycles. The first-order chi connectivity index (χ1) is 7.75. The van der Waals surface area contributed by atoms with Gasteiger partial charge >= 0.3 is 0 Å². The highest BCUT2D eigenvalue weighted by atomic mass is 32.1. The molecule has 0 aliphatic rings. The third kappa shape index (κ3) is 4.12. The van der Waals surface area contributed by atoms with Crippen molar-refractivity contribution in [1.29, 1.82) is 0 Å². The number of pyridine rings is 1. The summed E-state index contributed by atoms with van der Waals surface area (Å²) >= 11 is 4.91.